The lowest BCUT2D eigenvalue weighted by atomic mass is 9.85. The molecule has 1 atom stereocenters. The summed E-state index contributed by atoms with van der Waals surface area (Å²) in [6.45, 7) is 6.02. The van der Waals surface area contributed by atoms with Gasteiger partial charge in [0, 0.05) is 29.6 Å². The van der Waals surface area contributed by atoms with Crippen LogP contribution >= 0.6 is 0 Å². The van der Waals surface area contributed by atoms with Gasteiger partial charge in [-0.3, -0.25) is 4.79 Å². The predicted octanol–water partition coefficient (Wildman–Crippen LogP) is 3.73. The molecule has 0 fully saturated rings. The van der Waals surface area contributed by atoms with Gasteiger partial charge in [-0.1, -0.05) is 12.1 Å². The number of carbonyl (C=O) groups is 1. The number of hydrogen-bond acceptors (Lipinski definition) is 2. The van der Waals surface area contributed by atoms with Crippen LogP contribution in [0.4, 0.5) is 10.2 Å². The fourth-order valence-corrected chi connectivity index (χ4v) is 3.10. The van der Waals surface area contributed by atoms with Gasteiger partial charge < -0.3 is 9.88 Å². The van der Waals surface area contributed by atoms with Crippen molar-refractivity contribution in [1.29, 1.82) is 5.26 Å². The van der Waals surface area contributed by atoms with Crippen LogP contribution in [0.5, 0.6) is 0 Å². The van der Waals surface area contributed by atoms with E-state index >= 15 is 0 Å². The minimum Gasteiger partial charge on any atom is -0.328 e. The highest BCUT2D eigenvalue weighted by Gasteiger charge is 2.34. The molecule has 2 aromatic rings. The summed E-state index contributed by atoms with van der Waals surface area (Å²) in [4.78, 5) is 12.2. The molecule has 0 spiro atoms. The number of anilines is 1. The maximum Gasteiger partial charge on any atom is 0.226 e. The number of nitriles is 1. The number of hydrogen-bond donors (Lipinski definition) is 1. The normalized spacial score (nSPS) is 17.3. The van der Waals surface area contributed by atoms with Gasteiger partial charge >= 0.3 is 0 Å². The third-order valence-electron chi connectivity index (χ3n) is 4.13. The van der Waals surface area contributed by atoms with E-state index in [0.717, 1.165) is 5.56 Å². The molecule has 5 heteroatoms. The summed E-state index contributed by atoms with van der Waals surface area (Å²) in [5.74, 6) is -0.143. The van der Waals surface area contributed by atoms with Crippen LogP contribution in [0, 0.1) is 17.1 Å². The molecular weight excluding hydrogens is 293 g/mol. The van der Waals surface area contributed by atoms with Gasteiger partial charge in [0.15, 0.2) is 0 Å². The second kappa shape index (κ2) is 5.24. The van der Waals surface area contributed by atoms with Gasteiger partial charge in [0.2, 0.25) is 5.91 Å². The molecule has 3 rings (SSSR count). The Labute approximate surface area is 134 Å². The number of aromatic nitrogens is 1. The third kappa shape index (κ3) is 2.61. The Morgan fingerprint density at radius 2 is 2.13 bits per heavy atom. The maximum atomic E-state index is 13.6. The Bertz CT molecular complexity index is 824. The van der Waals surface area contributed by atoms with Crippen molar-refractivity contribution in [2.45, 2.75) is 38.6 Å². The number of nitrogens with zero attached hydrogens (tertiary/aromatic N) is 2. The van der Waals surface area contributed by atoms with Crippen LogP contribution in [0.3, 0.4) is 0 Å². The van der Waals surface area contributed by atoms with E-state index in [2.05, 4.69) is 11.4 Å². The molecule has 1 aromatic carbocycles. The van der Waals surface area contributed by atoms with E-state index in [0.29, 0.717) is 16.9 Å². The first kappa shape index (κ1) is 15.3. The number of fused-ring (bicyclic) bond motifs is 1. The van der Waals surface area contributed by atoms with E-state index in [9.17, 15) is 14.4 Å². The zero-order chi connectivity index (χ0) is 16.8. The molecule has 0 saturated heterocycles. The van der Waals surface area contributed by atoms with E-state index in [1.807, 2.05) is 25.3 Å². The van der Waals surface area contributed by atoms with Crippen LogP contribution in [-0.2, 0) is 10.3 Å². The fraction of sp³-hybridized carbons (Fsp3) is 0.333. The highest BCUT2D eigenvalue weighted by atomic mass is 19.1. The molecule has 0 unspecified atom stereocenters. The van der Waals surface area contributed by atoms with Gasteiger partial charge in [-0.25, -0.2) is 4.39 Å². The van der Waals surface area contributed by atoms with Gasteiger partial charge in [0.25, 0.3) is 0 Å². The quantitative estimate of drug-likeness (QED) is 0.872. The van der Waals surface area contributed by atoms with Gasteiger partial charge in [0.1, 0.15) is 17.7 Å². The molecule has 1 amide bonds. The van der Waals surface area contributed by atoms with Crippen molar-refractivity contribution in [2.24, 2.45) is 0 Å². The van der Waals surface area contributed by atoms with Crippen molar-refractivity contribution in [3.05, 3.63) is 53.0 Å². The maximum absolute atomic E-state index is 13.6. The summed E-state index contributed by atoms with van der Waals surface area (Å²) in [6.07, 6.45) is 1.97. The highest BCUT2D eigenvalue weighted by molar-refractivity contribution is 5.95. The number of amides is 1. The average Bonchev–Trinajstić information content (AvgIpc) is 2.85. The summed E-state index contributed by atoms with van der Waals surface area (Å²) >= 11 is 0. The number of halogens is 1. The molecule has 118 valence electrons. The van der Waals surface area contributed by atoms with Crippen LogP contribution in [0.15, 0.2) is 30.5 Å². The molecule has 0 aliphatic carbocycles. The van der Waals surface area contributed by atoms with E-state index in [1.54, 1.807) is 18.3 Å². The van der Waals surface area contributed by atoms with Crippen molar-refractivity contribution >= 4 is 11.7 Å². The molecule has 4 nitrogen and oxygen atoms in total. The first-order valence-electron chi connectivity index (χ1n) is 7.52. The Morgan fingerprint density at radius 1 is 1.39 bits per heavy atom. The Balaban J connectivity index is 2.24. The monoisotopic (exact) mass is 311 g/mol. The van der Waals surface area contributed by atoms with Crippen molar-refractivity contribution in [3.63, 3.8) is 0 Å². The molecule has 2 heterocycles. The lowest BCUT2D eigenvalue weighted by molar-refractivity contribution is -0.116. The van der Waals surface area contributed by atoms with Gasteiger partial charge in [-0.2, -0.15) is 5.26 Å². The largest absolute Gasteiger partial charge is 0.328 e. The molecule has 1 aliphatic rings. The van der Waals surface area contributed by atoms with Crippen LogP contribution in [0.1, 0.15) is 49.8 Å². The highest BCUT2D eigenvalue weighted by Crippen LogP contribution is 2.42. The SMILES string of the molecule is CC(C)(C)n1cc(C#N)c2c1NC(=O)C[C@@H]2c1cccc(F)c1. The molecule has 23 heavy (non-hydrogen) atoms. The molecule has 0 radical (unpaired) electrons. The molecule has 1 aromatic heterocycles. The number of benzene rings is 1. The Kier molecular flexibility index (Phi) is 3.48. The number of nitrogens with one attached hydrogen (secondary N) is 1. The zero-order valence-corrected chi connectivity index (χ0v) is 13.4. The second-order valence-electron chi connectivity index (χ2n) is 6.82. The van der Waals surface area contributed by atoms with E-state index in [4.69, 9.17) is 0 Å². The van der Waals surface area contributed by atoms with Crippen molar-refractivity contribution in [3.8, 4) is 6.07 Å². The summed E-state index contributed by atoms with van der Waals surface area (Å²) < 4.78 is 15.5. The van der Waals surface area contributed by atoms with Crippen LogP contribution < -0.4 is 5.32 Å². The first-order valence-corrected chi connectivity index (χ1v) is 7.52. The van der Waals surface area contributed by atoms with Crippen LogP contribution in [-0.4, -0.2) is 10.5 Å². The van der Waals surface area contributed by atoms with Crippen molar-refractivity contribution in [2.75, 3.05) is 5.32 Å². The van der Waals surface area contributed by atoms with Gasteiger partial charge in [-0.05, 0) is 38.5 Å². The van der Waals surface area contributed by atoms with Crippen LogP contribution in [0.25, 0.3) is 0 Å². The minimum absolute atomic E-state index is 0.125. The summed E-state index contributed by atoms with van der Waals surface area (Å²) in [7, 11) is 0. The summed E-state index contributed by atoms with van der Waals surface area (Å²) in [6, 6.07) is 8.44. The van der Waals surface area contributed by atoms with Crippen molar-refractivity contribution < 1.29 is 9.18 Å². The molecule has 0 saturated carbocycles. The van der Waals surface area contributed by atoms with E-state index < -0.39 is 0 Å². The third-order valence-corrected chi connectivity index (χ3v) is 4.13. The first-order chi connectivity index (χ1) is 10.8. The summed E-state index contributed by atoms with van der Waals surface area (Å²) in [5.41, 5.74) is 1.72. The number of carbonyl (C=O) groups excluding carboxylic acids is 1. The standard InChI is InChI=1S/C18H18FN3O/c1-18(2,3)22-10-12(9-20)16-14(8-15(23)21-17(16)22)11-5-4-6-13(19)7-11/h4-7,10,14H,8H2,1-3H3,(H,21,23)/t14-/m1/s1. The van der Waals surface area contributed by atoms with E-state index in [1.165, 1.54) is 12.1 Å². The van der Waals surface area contributed by atoms with Gasteiger partial charge in [0.05, 0.1) is 5.56 Å². The molecule has 1 N–H and O–H groups in total. The van der Waals surface area contributed by atoms with Gasteiger partial charge in [-0.15, -0.1) is 0 Å². The van der Waals surface area contributed by atoms with Crippen LogP contribution in [0.2, 0.25) is 0 Å². The molecular formula is C18H18FN3O. The van der Waals surface area contributed by atoms with E-state index in [-0.39, 0.29) is 29.6 Å². The van der Waals surface area contributed by atoms with Crippen molar-refractivity contribution in [1.82, 2.24) is 4.57 Å². The average molecular weight is 311 g/mol. The smallest absolute Gasteiger partial charge is 0.226 e. The fourth-order valence-electron chi connectivity index (χ4n) is 3.10. The zero-order valence-electron chi connectivity index (χ0n) is 13.4. The molecule has 1 aliphatic heterocycles. The molecule has 0 bridgehead atoms. The second-order valence-corrected chi connectivity index (χ2v) is 6.82. The Hall–Kier alpha value is -2.61. The topological polar surface area (TPSA) is 57.8 Å². The minimum atomic E-state index is -0.344. The lowest BCUT2D eigenvalue weighted by Crippen LogP contribution is -2.29. The summed E-state index contributed by atoms with van der Waals surface area (Å²) in [5, 5.41) is 12.4. The lowest BCUT2D eigenvalue weighted by Gasteiger charge is -2.29. The number of rotatable bonds is 1. The Morgan fingerprint density at radius 3 is 2.74 bits per heavy atom. The predicted molar refractivity (Wildman–Crippen MR) is 85.6 cm³/mol.